The standard InChI is InChI=1S/C15H21N3/c1-3-11(2)9-17-10-12-8-14(16)13-6-4-5-7-15(13)18-12/h4-8,11,17H,3,9-10H2,1-2H3,(H2,16,18). The van der Waals surface area contributed by atoms with Gasteiger partial charge in [-0.1, -0.05) is 38.5 Å². The van der Waals surface area contributed by atoms with Gasteiger partial charge in [0.25, 0.3) is 0 Å². The SMILES string of the molecule is CCC(C)CNCc1cc(N)c2ccccc2n1. The molecule has 96 valence electrons. The molecule has 1 aromatic heterocycles. The summed E-state index contributed by atoms with van der Waals surface area (Å²) in [5, 5.41) is 4.46. The average Bonchev–Trinajstić information content (AvgIpc) is 2.38. The first-order chi connectivity index (χ1) is 8.70. The molecule has 2 aromatic rings. The molecule has 0 amide bonds. The van der Waals surface area contributed by atoms with Gasteiger partial charge in [-0.2, -0.15) is 0 Å². The lowest BCUT2D eigenvalue weighted by Crippen LogP contribution is -2.20. The highest BCUT2D eigenvalue weighted by molar-refractivity contribution is 5.90. The van der Waals surface area contributed by atoms with Crippen molar-refractivity contribution in [3.05, 3.63) is 36.0 Å². The third-order valence-corrected chi connectivity index (χ3v) is 3.30. The van der Waals surface area contributed by atoms with Crippen LogP contribution in [0.25, 0.3) is 10.9 Å². The Balaban J connectivity index is 2.10. The van der Waals surface area contributed by atoms with Gasteiger partial charge in [-0.05, 0) is 24.6 Å². The molecular weight excluding hydrogens is 222 g/mol. The van der Waals surface area contributed by atoms with Crippen LogP contribution in [0.15, 0.2) is 30.3 Å². The van der Waals surface area contributed by atoms with E-state index in [0.29, 0.717) is 5.92 Å². The Morgan fingerprint density at radius 1 is 1.33 bits per heavy atom. The number of nitrogens with one attached hydrogen (secondary N) is 1. The van der Waals surface area contributed by atoms with Crippen molar-refractivity contribution in [2.45, 2.75) is 26.8 Å². The molecule has 0 aliphatic rings. The summed E-state index contributed by atoms with van der Waals surface area (Å²) in [5.41, 5.74) is 8.83. The molecule has 3 nitrogen and oxygen atoms in total. The molecule has 2 rings (SSSR count). The van der Waals surface area contributed by atoms with Gasteiger partial charge in [0.1, 0.15) is 0 Å². The second-order valence-electron chi connectivity index (χ2n) is 4.86. The number of nitrogens with zero attached hydrogens (tertiary/aromatic N) is 1. The Bertz CT molecular complexity index is 522. The number of fused-ring (bicyclic) bond motifs is 1. The van der Waals surface area contributed by atoms with Crippen molar-refractivity contribution in [1.29, 1.82) is 0 Å². The van der Waals surface area contributed by atoms with Gasteiger partial charge < -0.3 is 11.1 Å². The van der Waals surface area contributed by atoms with E-state index < -0.39 is 0 Å². The Morgan fingerprint density at radius 3 is 2.89 bits per heavy atom. The fourth-order valence-electron chi connectivity index (χ4n) is 1.94. The van der Waals surface area contributed by atoms with Crippen LogP contribution in [0.5, 0.6) is 0 Å². The molecule has 0 spiro atoms. The minimum atomic E-state index is 0.697. The van der Waals surface area contributed by atoms with Crippen LogP contribution in [0, 0.1) is 5.92 Å². The van der Waals surface area contributed by atoms with E-state index in [-0.39, 0.29) is 0 Å². The van der Waals surface area contributed by atoms with Crippen molar-refractivity contribution in [2.75, 3.05) is 12.3 Å². The summed E-state index contributed by atoms with van der Waals surface area (Å²) >= 11 is 0. The first-order valence-electron chi connectivity index (χ1n) is 6.55. The number of rotatable bonds is 5. The van der Waals surface area contributed by atoms with Gasteiger partial charge in [-0.15, -0.1) is 0 Å². The number of benzene rings is 1. The van der Waals surface area contributed by atoms with E-state index in [1.807, 2.05) is 30.3 Å². The Kier molecular flexibility index (Phi) is 4.15. The highest BCUT2D eigenvalue weighted by atomic mass is 14.9. The van der Waals surface area contributed by atoms with Crippen LogP contribution in [-0.4, -0.2) is 11.5 Å². The first kappa shape index (κ1) is 12.8. The van der Waals surface area contributed by atoms with Crippen LogP contribution in [-0.2, 0) is 6.54 Å². The summed E-state index contributed by atoms with van der Waals surface area (Å²) in [5.74, 6) is 0.697. The van der Waals surface area contributed by atoms with Gasteiger partial charge in [-0.3, -0.25) is 4.98 Å². The molecule has 0 aliphatic heterocycles. The maximum absolute atomic E-state index is 6.05. The summed E-state index contributed by atoms with van der Waals surface area (Å²) in [6.45, 7) is 6.25. The van der Waals surface area contributed by atoms with Crippen molar-refractivity contribution in [3.8, 4) is 0 Å². The summed E-state index contributed by atoms with van der Waals surface area (Å²) in [7, 11) is 0. The maximum atomic E-state index is 6.05. The number of para-hydroxylation sites is 1. The molecule has 1 heterocycles. The van der Waals surface area contributed by atoms with Crippen LogP contribution >= 0.6 is 0 Å². The normalized spacial score (nSPS) is 12.8. The zero-order valence-corrected chi connectivity index (χ0v) is 11.1. The number of nitrogen functional groups attached to an aromatic ring is 1. The molecule has 3 N–H and O–H groups in total. The Hall–Kier alpha value is -1.61. The van der Waals surface area contributed by atoms with Crippen LogP contribution < -0.4 is 11.1 Å². The molecule has 18 heavy (non-hydrogen) atoms. The third kappa shape index (κ3) is 2.99. The molecule has 0 radical (unpaired) electrons. The second-order valence-corrected chi connectivity index (χ2v) is 4.86. The monoisotopic (exact) mass is 243 g/mol. The number of hydrogen-bond donors (Lipinski definition) is 2. The number of anilines is 1. The number of hydrogen-bond acceptors (Lipinski definition) is 3. The Morgan fingerprint density at radius 2 is 2.11 bits per heavy atom. The molecule has 1 aromatic carbocycles. The molecule has 1 unspecified atom stereocenters. The predicted octanol–water partition coefficient (Wildman–Crippen LogP) is 2.95. The van der Waals surface area contributed by atoms with Gasteiger partial charge in [-0.25, -0.2) is 0 Å². The fourth-order valence-corrected chi connectivity index (χ4v) is 1.94. The van der Waals surface area contributed by atoms with E-state index in [2.05, 4.69) is 24.1 Å². The van der Waals surface area contributed by atoms with Gasteiger partial charge in [0.05, 0.1) is 11.2 Å². The summed E-state index contributed by atoms with van der Waals surface area (Å²) in [6.07, 6.45) is 1.19. The van der Waals surface area contributed by atoms with Gasteiger partial charge in [0, 0.05) is 17.6 Å². The van der Waals surface area contributed by atoms with E-state index in [9.17, 15) is 0 Å². The van der Waals surface area contributed by atoms with Gasteiger partial charge in [0.15, 0.2) is 0 Å². The first-order valence-corrected chi connectivity index (χ1v) is 6.55. The number of pyridine rings is 1. The van der Waals surface area contributed by atoms with E-state index in [1.54, 1.807) is 0 Å². The Labute approximate surface area is 108 Å². The van der Waals surface area contributed by atoms with E-state index in [0.717, 1.165) is 35.4 Å². The van der Waals surface area contributed by atoms with Crippen LogP contribution in [0.2, 0.25) is 0 Å². The molecule has 0 saturated heterocycles. The van der Waals surface area contributed by atoms with Gasteiger partial charge >= 0.3 is 0 Å². The summed E-state index contributed by atoms with van der Waals surface area (Å²) in [4.78, 5) is 4.62. The fraction of sp³-hybridized carbons (Fsp3) is 0.400. The number of nitrogens with two attached hydrogens (primary N) is 1. The molecule has 0 saturated carbocycles. The van der Waals surface area contributed by atoms with E-state index >= 15 is 0 Å². The highest BCUT2D eigenvalue weighted by Gasteiger charge is 2.03. The minimum absolute atomic E-state index is 0.697. The quantitative estimate of drug-likeness (QED) is 0.849. The highest BCUT2D eigenvalue weighted by Crippen LogP contribution is 2.19. The van der Waals surface area contributed by atoms with Crippen molar-refractivity contribution < 1.29 is 0 Å². The molecule has 0 fully saturated rings. The van der Waals surface area contributed by atoms with Crippen LogP contribution in [0.4, 0.5) is 5.69 Å². The van der Waals surface area contributed by atoms with Crippen molar-refractivity contribution in [3.63, 3.8) is 0 Å². The smallest absolute Gasteiger partial charge is 0.0726 e. The maximum Gasteiger partial charge on any atom is 0.0726 e. The van der Waals surface area contributed by atoms with Crippen LogP contribution in [0.3, 0.4) is 0 Å². The topological polar surface area (TPSA) is 50.9 Å². The van der Waals surface area contributed by atoms with E-state index in [4.69, 9.17) is 5.73 Å². The van der Waals surface area contributed by atoms with Crippen molar-refractivity contribution in [1.82, 2.24) is 10.3 Å². The lowest BCUT2D eigenvalue weighted by molar-refractivity contribution is 0.498. The third-order valence-electron chi connectivity index (χ3n) is 3.30. The zero-order chi connectivity index (χ0) is 13.0. The van der Waals surface area contributed by atoms with Crippen LogP contribution in [0.1, 0.15) is 26.0 Å². The number of aromatic nitrogens is 1. The molecular formula is C15H21N3. The lowest BCUT2D eigenvalue weighted by Gasteiger charge is -2.11. The van der Waals surface area contributed by atoms with E-state index in [1.165, 1.54) is 6.42 Å². The molecule has 3 heteroatoms. The molecule has 0 bridgehead atoms. The predicted molar refractivity (Wildman–Crippen MR) is 77.3 cm³/mol. The second kappa shape index (κ2) is 5.83. The largest absolute Gasteiger partial charge is 0.398 e. The summed E-state index contributed by atoms with van der Waals surface area (Å²) in [6, 6.07) is 9.95. The lowest BCUT2D eigenvalue weighted by atomic mass is 10.1. The zero-order valence-electron chi connectivity index (χ0n) is 11.1. The van der Waals surface area contributed by atoms with Crippen molar-refractivity contribution >= 4 is 16.6 Å². The average molecular weight is 243 g/mol. The van der Waals surface area contributed by atoms with Crippen molar-refractivity contribution in [2.24, 2.45) is 5.92 Å². The molecule has 0 aliphatic carbocycles. The van der Waals surface area contributed by atoms with Gasteiger partial charge in [0.2, 0.25) is 0 Å². The molecule has 1 atom stereocenters. The minimum Gasteiger partial charge on any atom is -0.398 e. The summed E-state index contributed by atoms with van der Waals surface area (Å²) < 4.78 is 0.